The van der Waals surface area contributed by atoms with Crippen molar-refractivity contribution in [2.75, 3.05) is 0 Å². The molecule has 0 spiro atoms. The molecule has 0 radical (unpaired) electrons. The van der Waals surface area contributed by atoms with Crippen LogP contribution in [0, 0.1) is 0 Å². The second-order valence-electron chi connectivity index (χ2n) is 4.12. The summed E-state index contributed by atoms with van der Waals surface area (Å²) in [5.74, 6) is -0.0644. The van der Waals surface area contributed by atoms with Crippen LogP contribution in [0.5, 0.6) is 0 Å². The first-order valence-corrected chi connectivity index (χ1v) is 6.48. The molecule has 1 fully saturated rings. The molecule has 0 amide bonds. The Morgan fingerprint density at radius 3 is 2.64 bits per heavy atom. The molecule has 0 N–H and O–H groups in total. The Labute approximate surface area is 89.7 Å². The molecule has 14 heavy (non-hydrogen) atoms. The Kier molecular flexibility index (Phi) is 3.68. The van der Waals surface area contributed by atoms with E-state index in [4.69, 9.17) is 0 Å². The average Bonchev–Trinajstić information content (AvgIpc) is 2.23. The van der Waals surface area contributed by atoms with Crippen LogP contribution in [-0.2, 0) is 0 Å². The van der Waals surface area contributed by atoms with Crippen molar-refractivity contribution in [1.29, 1.82) is 0 Å². The SMILES string of the molecule is FC1=CCC(SC2CCCCC2)C=C1. The molecule has 2 rings (SSSR count). The van der Waals surface area contributed by atoms with Crippen molar-refractivity contribution in [2.24, 2.45) is 0 Å². The predicted octanol–water partition coefficient (Wildman–Crippen LogP) is 4.23. The van der Waals surface area contributed by atoms with Gasteiger partial charge in [-0.3, -0.25) is 0 Å². The Balaban J connectivity index is 1.78. The molecule has 78 valence electrons. The second kappa shape index (κ2) is 5.01. The van der Waals surface area contributed by atoms with Crippen LogP contribution in [0.3, 0.4) is 0 Å². The molecule has 0 aromatic heterocycles. The molecule has 0 nitrogen and oxygen atoms in total. The zero-order valence-corrected chi connectivity index (χ0v) is 9.23. The summed E-state index contributed by atoms with van der Waals surface area (Å²) in [5.41, 5.74) is 0. The Morgan fingerprint density at radius 2 is 2.00 bits per heavy atom. The van der Waals surface area contributed by atoms with Crippen LogP contribution in [0.1, 0.15) is 38.5 Å². The van der Waals surface area contributed by atoms with Crippen LogP contribution >= 0.6 is 11.8 Å². The van der Waals surface area contributed by atoms with Crippen LogP contribution in [-0.4, -0.2) is 10.5 Å². The van der Waals surface area contributed by atoms with E-state index in [0.29, 0.717) is 5.25 Å². The number of hydrogen-bond donors (Lipinski definition) is 0. The van der Waals surface area contributed by atoms with Crippen LogP contribution < -0.4 is 0 Å². The minimum absolute atomic E-state index is 0.0644. The fourth-order valence-electron chi connectivity index (χ4n) is 2.12. The number of hydrogen-bond acceptors (Lipinski definition) is 1. The molecule has 0 aliphatic heterocycles. The maximum Gasteiger partial charge on any atom is 0.119 e. The van der Waals surface area contributed by atoms with Gasteiger partial charge in [0.05, 0.1) is 0 Å². The van der Waals surface area contributed by atoms with Crippen molar-refractivity contribution in [2.45, 2.75) is 49.0 Å². The van der Waals surface area contributed by atoms with Crippen LogP contribution in [0.2, 0.25) is 0 Å². The summed E-state index contributed by atoms with van der Waals surface area (Å²) in [7, 11) is 0. The monoisotopic (exact) mass is 212 g/mol. The molecule has 0 heterocycles. The van der Waals surface area contributed by atoms with Crippen molar-refractivity contribution < 1.29 is 4.39 Å². The van der Waals surface area contributed by atoms with Gasteiger partial charge in [-0.1, -0.05) is 25.3 Å². The Morgan fingerprint density at radius 1 is 1.21 bits per heavy atom. The second-order valence-corrected chi connectivity index (χ2v) is 5.66. The normalized spacial score (nSPS) is 28.9. The standard InChI is InChI=1S/C12H17FS/c13-10-6-8-12(9-7-10)14-11-4-2-1-3-5-11/h6-8,11-12H,1-5,9H2. The molecular formula is C12H17FS. The maximum absolute atomic E-state index is 12.7. The van der Waals surface area contributed by atoms with Gasteiger partial charge in [0.2, 0.25) is 0 Å². The summed E-state index contributed by atoms with van der Waals surface area (Å²) < 4.78 is 12.7. The van der Waals surface area contributed by atoms with Gasteiger partial charge in [-0.2, -0.15) is 11.8 Å². The highest BCUT2D eigenvalue weighted by atomic mass is 32.2. The van der Waals surface area contributed by atoms with Gasteiger partial charge in [0.25, 0.3) is 0 Å². The highest BCUT2D eigenvalue weighted by Gasteiger charge is 2.18. The third kappa shape index (κ3) is 2.88. The highest BCUT2D eigenvalue weighted by Crippen LogP contribution is 2.34. The fraction of sp³-hybridized carbons (Fsp3) is 0.667. The van der Waals surface area contributed by atoms with Gasteiger partial charge in [-0.05, 0) is 31.4 Å². The van der Waals surface area contributed by atoms with Crippen molar-refractivity contribution >= 4 is 11.8 Å². The summed E-state index contributed by atoms with van der Waals surface area (Å²) >= 11 is 2.05. The summed E-state index contributed by atoms with van der Waals surface area (Å²) in [6.07, 6.45) is 13.1. The van der Waals surface area contributed by atoms with Crippen molar-refractivity contribution in [1.82, 2.24) is 0 Å². The largest absolute Gasteiger partial charge is 0.207 e. The number of rotatable bonds is 2. The predicted molar refractivity (Wildman–Crippen MR) is 61.2 cm³/mol. The zero-order chi connectivity index (χ0) is 9.80. The van der Waals surface area contributed by atoms with E-state index in [1.54, 1.807) is 12.2 Å². The molecule has 0 aromatic rings. The van der Waals surface area contributed by atoms with Crippen LogP contribution in [0.15, 0.2) is 24.1 Å². The van der Waals surface area contributed by atoms with Crippen molar-refractivity contribution in [3.63, 3.8) is 0 Å². The Hall–Kier alpha value is -0.240. The summed E-state index contributed by atoms with van der Waals surface area (Å²) in [5, 5.41) is 1.35. The molecule has 0 bridgehead atoms. The van der Waals surface area contributed by atoms with Crippen molar-refractivity contribution in [3.8, 4) is 0 Å². The lowest BCUT2D eigenvalue weighted by molar-refractivity contribution is 0.515. The van der Waals surface area contributed by atoms with E-state index in [-0.39, 0.29) is 5.83 Å². The van der Waals surface area contributed by atoms with Gasteiger partial charge in [0, 0.05) is 10.5 Å². The van der Waals surface area contributed by atoms with Gasteiger partial charge < -0.3 is 0 Å². The molecule has 1 unspecified atom stereocenters. The van der Waals surface area contributed by atoms with E-state index < -0.39 is 0 Å². The molecule has 2 aliphatic rings. The topological polar surface area (TPSA) is 0 Å². The molecule has 1 saturated carbocycles. The minimum atomic E-state index is -0.0644. The van der Waals surface area contributed by atoms with E-state index in [0.717, 1.165) is 11.7 Å². The molecular weight excluding hydrogens is 195 g/mol. The van der Waals surface area contributed by atoms with Gasteiger partial charge in [-0.15, -0.1) is 0 Å². The summed E-state index contributed by atoms with van der Waals surface area (Å²) in [6, 6.07) is 0. The van der Waals surface area contributed by atoms with E-state index in [1.165, 1.54) is 32.1 Å². The first kappa shape index (κ1) is 10.3. The number of halogens is 1. The maximum atomic E-state index is 12.7. The molecule has 2 heteroatoms. The minimum Gasteiger partial charge on any atom is -0.207 e. The third-order valence-corrected chi connectivity index (χ3v) is 4.49. The lowest BCUT2D eigenvalue weighted by Gasteiger charge is -2.25. The van der Waals surface area contributed by atoms with Gasteiger partial charge in [-0.25, -0.2) is 4.39 Å². The lowest BCUT2D eigenvalue weighted by atomic mass is 10.0. The van der Waals surface area contributed by atoms with Gasteiger partial charge in [0.15, 0.2) is 0 Å². The van der Waals surface area contributed by atoms with Gasteiger partial charge in [0.1, 0.15) is 5.83 Å². The quantitative estimate of drug-likeness (QED) is 0.660. The molecule has 2 aliphatic carbocycles. The van der Waals surface area contributed by atoms with E-state index >= 15 is 0 Å². The van der Waals surface area contributed by atoms with Crippen LogP contribution in [0.4, 0.5) is 4.39 Å². The van der Waals surface area contributed by atoms with E-state index in [9.17, 15) is 4.39 Å². The Bertz CT molecular complexity index is 239. The zero-order valence-electron chi connectivity index (χ0n) is 8.42. The highest BCUT2D eigenvalue weighted by molar-refractivity contribution is 8.00. The first-order chi connectivity index (χ1) is 6.84. The van der Waals surface area contributed by atoms with E-state index in [2.05, 4.69) is 0 Å². The van der Waals surface area contributed by atoms with Crippen LogP contribution in [0.25, 0.3) is 0 Å². The van der Waals surface area contributed by atoms with Crippen molar-refractivity contribution in [3.05, 3.63) is 24.1 Å². The average molecular weight is 212 g/mol. The van der Waals surface area contributed by atoms with Gasteiger partial charge >= 0.3 is 0 Å². The third-order valence-electron chi connectivity index (χ3n) is 2.93. The summed E-state index contributed by atoms with van der Waals surface area (Å²) in [6.45, 7) is 0. The molecule has 0 saturated heterocycles. The fourth-order valence-corrected chi connectivity index (χ4v) is 3.60. The lowest BCUT2D eigenvalue weighted by Crippen LogP contribution is -2.13. The molecule has 0 aromatic carbocycles. The molecule has 1 atom stereocenters. The number of allylic oxidation sites excluding steroid dienone is 3. The first-order valence-electron chi connectivity index (χ1n) is 5.54. The number of thioether (sulfide) groups is 1. The summed E-state index contributed by atoms with van der Waals surface area (Å²) in [4.78, 5) is 0. The van der Waals surface area contributed by atoms with E-state index in [1.807, 2.05) is 17.8 Å². The smallest absolute Gasteiger partial charge is 0.119 e.